The normalized spacial score (nSPS) is 14.0. The Balaban J connectivity index is 1.88. The van der Waals surface area contributed by atoms with Crippen LogP contribution in [0.15, 0.2) is 23.1 Å². The number of benzene rings is 1. The predicted octanol–water partition coefficient (Wildman–Crippen LogP) is 2.91. The zero-order valence-electron chi connectivity index (χ0n) is 12.6. The number of H-pyrrole nitrogens is 3. The standard InChI is InChI=1S/C16H10F3N5O/c17-16(18,19)14-8(5-20-23-14)13-7-2-1-6(7)11-9(21-13)3-4-10-12(11)15(25)24-22-10/h3-5H,1-2H2,(H,20,23)(H2,22,24,25). The summed E-state index contributed by atoms with van der Waals surface area (Å²) >= 11 is 0. The zero-order valence-corrected chi connectivity index (χ0v) is 12.6. The summed E-state index contributed by atoms with van der Waals surface area (Å²) in [6.07, 6.45) is -2.07. The van der Waals surface area contributed by atoms with E-state index in [1.54, 1.807) is 12.1 Å². The van der Waals surface area contributed by atoms with Crippen LogP contribution in [0.4, 0.5) is 13.2 Å². The van der Waals surface area contributed by atoms with Crippen molar-refractivity contribution in [3.8, 4) is 11.3 Å². The first-order valence-corrected chi connectivity index (χ1v) is 7.61. The van der Waals surface area contributed by atoms with Gasteiger partial charge in [0.15, 0.2) is 0 Å². The summed E-state index contributed by atoms with van der Waals surface area (Å²) in [7, 11) is 0. The van der Waals surface area contributed by atoms with Gasteiger partial charge in [-0.15, -0.1) is 0 Å². The monoisotopic (exact) mass is 345 g/mol. The van der Waals surface area contributed by atoms with Crippen LogP contribution < -0.4 is 5.56 Å². The van der Waals surface area contributed by atoms with Crippen LogP contribution in [0.2, 0.25) is 0 Å². The molecule has 0 atom stereocenters. The van der Waals surface area contributed by atoms with Crippen molar-refractivity contribution in [2.24, 2.45) is 0 Å². The van der Waals surface area contributed by atoms with Crippen LogP contribution in [0, 0.1) is 0 Å². The number of nitrogens with zero attached hydrogens (tertiary/aromatic N) is 2. The maximum atomic E-state index is 13.2. The quantitative estimate of drug-likeness (QED) is 0.495. The van der Waals surface area contributed by atoms with Gasteiger partial charge in [-0.25, -0.2) is 4.98 Å². The fraction of sp³-hybridized carbons (Fsp3) is 0.188. The topological polar surface area (TPSA) is 90.2 Å². The summed E-state index contributed by atoms with van der Waals surface area (Å²) in [4.78, 5) is 16.5. The lowest BCUT2D eigenvalue weighted by atomic mass is 9.82. The van der Waals surface area contributed by atoms with Crippen LogP contribution in [-0.4, -0.2) is 25.4 Å². The number of halogens is 3. The Labute approximate surface area is 137 Å². The molecule has 1 aromatic carbocycles. The van der Waals surface area contributed by atoms with Gasteiger partial charge in [0.25, 0.3) is 5.56 Å². The van der Waals surface area contributed by atoms with E-state index in [4.69, 9.17) is 0 Å². The molecule has 0 saturated heterocycles. The average molecular weight is 345 g/mol. The lowest BCUT2D eigenvalue weighted by molar-refractivity contribution is -0.140. The summed E-state index contributed by atoms with van der Waals surface area (Å²) in [5.41, 5.74) is 1.82. The largest absolute Gasteiger partial charge is 0.433 e. The SMILES string of the molecule is O=c1[nH][nH]c2ccc3nc(-c4cn[nH]c4C(F)(F)F)c4c(c3c12)CC4. The van der Waals surface area contributed by atoms with E-state index in [1.807, 2.05) is 5.10 Å². The molecular formula is C16H10F3N5O. The van der Waals surface area contributed by atoms with Crippen molar-refractivity contribution in [1.29, 1.82) is 0 Å². The number of aromatic nitrogens is 5. The van der Waals surface area contributed by atoms with E-state index in [-0.39, 0.29) is 16.8 Å². The summed E-state index contributed by atoms with van der Waals surface area (Å²) in [6.45, 7) is 0. The van der Waals surface area contributed by atoms with E-state index >= 15 is 0 Å². The van der Waals surface area contributed by atoms with Gasteiger partial charge < -0.3 is 0 Å². The Morgan fingerprint density at radius 1 is 1.04 bits per heavy atom. The van der Waals surface area contributed by atoms with E-state index in [0.29, 0.717) is 34.6 Å². The highest BCUT2D eigenvalue weighted by molar-refractivity contribution is 6.08. The molecule has 4 aromatic rings. The van der Waals surface area contributed by atoms with Crippen molar-refractivity contribution < 1.29 is 13.2 Å². The molecule has 0 aliphatic heterocycles. The number of pyridine rings is 1. The molecule has 1 aliphatic rings. The van der Waals surface area contributed by atoms with Gasteiger partial charge in [0, 0.05) is 5.39 Å². The molecule has 3 heterocycles. The van der Waals surface area contributed by atoms with Crippen molar-refractivity contribution in [3.05, 3.63) is 45.5 Å². The van der Waals surface area contributed by atoms with E-state index in [1.165, 1.54) is 0 Å². The van der Waals surface area contributed by atoms with Crippen molar-refractivity contribution >= 4 is 21.8 Å². The van der Waals surface area contributed by atoms with Gasteiger partial charge >= 0.3 is 6.18 Å². The molecule has 1 aliphatic carbocycles. The van der Waals surface area contributed by atoms with Crippen LogP contribution in [-0.2, 0) is 19.0 Å². The number of alkyl halides is 3. The first kappa shape index (κ1) is 14.3. The highest BCUT2D eigenvalue weighted by Gasteiger charge is 2.38. The summed E-state index contributed by atoms with van der Waals surface area (Å²) < 4.78 is 39.6. The van der Waals surface area contributed by atoms with E-state index < -0.39 is 11.9 Å². The van der Waals surface area contributed by atoms with Crippen molar-refractivity contribution in [2.45, 2.75) is 19.0 Å². The molecule has 0 spiro atoms. The molecule has 25 heavy (non-hydrogen) atoms. The number of aryl methyl sites for hydroxylation is 1. The Morgan fingerprint density at radius 3 is 2.56 bits per heavy atom. The van der Waals surface area contributed by atoms with Crippen LogP contribution >= 0.6 is 0 Å². The second kappa shape index (κ2) is 4.50. The second-order valence-electron chi connectivity index (χ2n) is 6.04. The van der Waals surface area contributed by atoms with Gasteiger partial charge in [-0.3, -0.25) is 20.1 Å². The summed E-state index contributed by atoms with van der Waals surface area (Å²) in [5, 5.41) is 12.1. The number of nitrogens with one attached hydrogen (secondary N) is 3. The van der Waals surface area contributed by atoms with Crippen LogP contribution in [0.5, 0.6) is 0 Å². The molecule has 0 unspecified atom stereocenters. The third kappa shape index (κ3) is 1.83. The van der Waals surface area contributed by atoms with E-state index in [2.05, 4.69) is 20.3 Å². The maximum Gasteiger partial charge on any atom is 0.433 e. The van der Waals surface area contributed by atoms with Crippen molar-refractivity contribution in [2.75, 3.05) is 0 Å². The minimum Gasteiger partial charge on any atom is -0.297 e. The molecule has 6 nitrogen and oxygen atoms in total. The molecular weight excluding hydrogens is 335 g/mol. The number of fused-ring (bicyclic) bond motifs is 5. The minimum absolute atomic E-state index is 0.0616. The summed E-state index contributed by atoms with van der Waals surface area (Å²) in [6, 6.07) is 3.40. The predicted molar refractivity (Wildman–Crippen MR) is 84.2 cm³/mol. The average Bonchev–Trinajstić information content (AvgIpc) is 3.13. The van der Waals surface area contributed by atoms with Crippen LogP contribution in [0.25, 0.3) is 33.1 Å². The lowest BCUT2D eigenvalue weighted by Crippen LogP contribution is -2.15. The van der Waals surface area contributed by atoms with Gasteiger partial charge in [-0.1, -0.05) is 0 Å². The Morgan fingerprint density at radius 2 is 1.84 bits per heavy atom. The molecule has 0 fully saturated rings. The fourth-order valence-corrected chi connectivity index (χ4v) is 3.52. The molecule has 3 aromatic heterocycles. The van der Waals surface area contributed by atoms with Crippen LogP contribution in [0.1, 0.15) is 16.8 Å². The van der Waals surface area contributed by atoms with Gasteiger partial charge in [0.2, 0.25) is 0 Å². The fourth-order valence-electron chi connectivity index (χ4n) is 3.52. The van der Waals surface area contributed by atoms with Gasteiger partial charge in [-0.05, 0) is 36.1 Å². The molecule has 126 valence electrons. The highest BCUT2D eigenvalue weighted by Crippen LogP contribution is 2.42. The molecule has 0 radical (unpaired) electrons. The Bertz CT molecular complexity index is 1210. The highest BCUT2D eigenvalue weighted by atomic mass is 19.4. The maximum absolute atomic E-state index is 13.2. The van der Waals surface area contributed by atoms with Gasteiger partial charge in [0.1, 0.15) is 5.69 Å². The number of hydrogen-bond acceptors (Lipinski definition) is 3. The van der Waals surface area contributed by atoms with Crippen molar-refractivity contribution in [1.82, 2.24) is 25.4 Å². The van der Waals surface area contributed by atoms with E-state index in [0.717, 1.165) is 17.3 Å². The van der Waals surface area contributed by atoms with E-state index in [9.17, 15) is 18.0 Å². The number of rotatable bonds is 1. The molecule has 0 amide bonds. The molecule has 3 N–H and O–H groups in total. The molecule has 5 rings (SSSR count). The zero-order chi connectivity index (χ0) is 17.3. The first-order chi connectivity index (χ1) is 11.9. The second-order valence-corrected chi connectivity index (χ2v) is 6.04. The summed E-state index contributed by atoms with van der Waals surface area (Å²) in [5.74, 6) is 0. The number of aromatic amines is 3. The van der Waals surface area contributed by atoms with Crippen molar-refractivity contribution in [3.63, 3.8) is 0 Å². The molecule has 0 bridgehead atoms. The third-order valence-electron chi connectivity index (χ3n) is 4.71. The smallest absolute Gasteiger partial charge is 0.297 e. The Hall–Kier alpha value is -3.10. The first-order valence-electron chi connectivity index (χ1n) is 7.61. The van der Waals surface area contributed by atoms with Gasteiger partial charge in [-0.2, -0.15) is 18.3 Å². The minimum atomic E-state index is -4.54. The van der Waals surface area contributed by atoms with Crippen LogP contribution in [0.3, 0.4) is 0 Å². The number of hydrogen-bond donors (Lipinski definition) is 3. The Kier molecular flexibility index (Phi) is 2.57. The lowest BCUT2D eigenvalue weighted by Gasteiger charge is -2.24. The third-order valence-corrected chi connectivity index (χ3v) is 4.71. The van der Waals surface area contributed by atoms with Gasteiger partial charge in [0.05, 0.1) is 33.9 Å². The molecule has 9 heteroatoms. The molecule has 0 saturated carbocycles.